The number of thiophene rings is 1. The predicted octanol–water partition coefficient (Wildman–Crippen LogP) is 1.55. The third-order valence-corrected chi connectivity index (χ3v) is 3.39. The van der Waals surface area contributed by atoms with Crippen molar-refractivity contribution in [3.05, 3.63) is 17.5 Å². The van der Waals surface area contributed by atoms with Gasteiger partial charge in [0.05, 0.1) is 5.00 Å². The number of anilines is 1. The van der Waals surface area contributed by atoms with Crippen LogP contribution < -0.4 is 10.2 Å². The molecule has 1 N–H and O–H groups in total. The molecule has 1 saturated heterocycles. The number of hydrogen-bond acceptors (Lipinski definition) is 3. The molecule has 1 aromatic rings. The van der Waals surface area contributed by atoms with Crippen LogP contribution in [0.25, 0.3) is 0 Å². The summed E-state index contributed by atoms with van der Waals surface area (Å²) in [5.41, 5.74) is 0. The van der Waals surface area contributed by atoms with E-state index < -0.39 is 0 Å². The molecule has 1 unspecified atom stereocenters. The molecule has 66 valence electrons. The van der Waals surface area contributed by atoms with Crippen molar-refractivity contribution in [2.75, 3.05) is 25.0 Å². The predicted molar refractivity (Wildman–Crippen MR) is 54.0 cm³/mol. The lowest BCUT2D eigenvalue weighted by molar-refractivity contribution is 0.690. The fourth-order valence-electron chi connectivity index (χ4n) is 1.62. The lowest BCUT2D eigenvalue weighted by Gasteiger charge is -2.23. The average molecular weight is 182 g/mol. The van der Waals surface area contributed by atoms with Crippen molar-refractivity contribution in [1.82, 2.24) is 5.32 Å². The van der Waals surface area contributed by atoms with Gasteiger partial charge in [0.15, 0.2) is 0 Å². The zero-order chi connectivity index (χ0) is 8.39. The summed E-state index contributed by atoms with van der Waals surface area (Å²) in [7, 11) is 2.18. The maximum atomic E-state index is 3.38. The molecule has 0 aromatic carbocycles. The Hall–Kier alpha value is -0.540. The minimum atomic E-state index is 0.698. The number of likely N-dealkylation sites (N-methyl/N-ethyl adjacent to an activating group) is 1. The highest BCUT2D eigenvalue weighted by Gasteiger charge is 2.19. The molecule has 0 amide bonds. The van der Waals surface area contributed by atoms with Crippen molar-refractivity contribution in [3.63, 3.8) is 0 Å². The number of nitrogens with zero attached hydrogens (tertiary/aromatic N) is 1. The van der Waals surface area contributed by atoms with Crippen LogP contribution in [0.1, 0.15) is 6.42 Å². The van der Waals surface area contributed by atoms with E-state index in [1.165, 1.54) is 18.0 Å². The Morgan fingerprint density at radius 1 is 1.67 bits per heavy atom. The van der Waals surface area contributed by atoms with Gasteiger partial charge in [-0.2, -0.15) is 0 Å². The van der Waals surface area contributed by atoms with E-state index in [0.29, 0.717) is 6.04 Å². The van der Waals surface area contributed by atoms with E-state index in [4.69, 9.17) is 0 Å². The second-order valence-electron chi connectivity index (χ2n) is 3.21. The Bertz CT molecular complexity index is 227. The molecular weight excluding hydrogens is 168 g/mol. The van der Waals surface area contributed by atoms with E-state index in [1.54, 1.807) is 0 Å². The summed E-state index contributed by atoms with van der Waals surface area (Å²) < 4.78 is 0. The Kier molecular flexibility index (Phi) is 2.33. The Morgan fingerprint density at radius 3 is 3.17 bits per heavy atom. The molecule has 1 aliphatic rings. The molecular formula is C9H14N2S. The molecule has 1 fully saturated rings. The smallest absolute Gasteiger partial charge is 0.0908 e. The summed E-state index contributed by atoms with van der Waals surface area (Å²) in [5, 5.41) is 6.89. The number of hydrogen-bond donors (Lipinski definition) is 1. The molecule has 0 bridgehead atoms. The minimum absolute atomic E-state index is 0.698. The van der Waals surface area contributed by atoms with E-state index in [9.17, 15) is 0 Å². The van der Waals surface area contributed by atoms with Gasteiger partial charge >= 0.3 is 0 Å². The highest BCUT2D eigenvalue weighted by atomic mass is 32.1. The Balaban J connectivity index is 2.04. The molecule has 1 aliphatic heterocycles. The third kappa shape index (κ3) is 1.47. The highest BCUT2D eigenvalue weighted by Crippen LogP contribution is 2.23. The molecule has 0 saturated carbocycles. The second-order valence-corrected chi connectivity index (χ2v) is 4.13. The zero-order valence-corrected chi connectivity index (χ0v) is 8.10. The van der Waals surface area contributed by atoms with Crippen molar-refractivity contribution in [2.45, 2.75) is 12.5 Å². The molecule has 12 heavy (non-hydrogen) atoms. The minimum Gasteiger partial charge on any atom is -0.362 e. The molecule has 1 aromatic heterocycles. The van der Waals surface area contributed by atoms with Gasteiger partial charge in [0.2, 0.25) is 0 Å². The molecule has 1 atom stereocenters. The first kappa shape index (κ1) is 8.08. The van der Waals surface area contributed by atoms with Crippen LogP contribution in [0.4, 0.5) is 5.00 Å². The van der Waals surface area contributed by atoms with Crippen LogP contribution in [0.3, 0.4) is 0 Å². The molecule has 2 nitrogen and oxygen atoms in total. The van der Waals surface area contributed by atoms with Crippen molar-refractivity contribution >= 4 is 16.3 Å². The van der Waals surface area contributed by atoms with Gasteiger partial charge in [-0.1, -0.05) is 0 Å². The van der Waals surface area contributed by atoms with E-state index >= 15 is 0 Å². The van der Waals surface area contributed by atoms with Gasteiger partial charge in [-0.15, -0.1) is 11.3 Å². The second kappa shape index (κ2) is 3.46. The standard InChI is InChI=1S/C9H14N2S/c1-11(8-4-5-10-7-8)9-3-2-6-12-9/h2-3,6,8,10H,4-5,7H2,1H3. The third-order valence-electron chi connectivity index (χ3n) is 2.44. The maximum absolute atomic E-state index is 3.38. The van der Waals surface area contributed by atoms with Crippen molar-refractivity contribution in [1.29, 1.82) is 0 Å². The van der Waals surface area contributed by atoms with Crippen LogP contribution in [0.2, 0.25) is 0 Å². The fourth-order valence-corrected chi connectivity index (χ4v) is 2.39. The van der Waals surface area contributed by atoms with Gasteiger partial charge in [-0.3, -0.25) is 0 Å². The summed E-state index contributed by atoms with van der Waals surface area (Å²) in [5.74, 6) is 0. The van der Waals surface area contributed by atoms with Gasteiger partial charge in [-0.25, -0.2) is 0 Å². The molecule has 0 aliphatic carbocycles. The largest absolute Gasteiger partial charge is 0.362 e. The summed E-state index contributed by atoms with van der Waals surface area (Å²) in [6.45, 7) is 2.30. The highest BCUT2D eigenvalue weighted by molar-refractivity contribution is 7.14. The van der Waals surface area contributed by atoms with E-state index in [1.807, 2.05) is 11.3 Å². The zero-order valence-electron chi connectivity index (χ0n) is 7.29. The molecule has 2 heterocycles. The molecule has 0 spiro atoms. The van der Waals surface area contributed by atoms with Crippen LogP contribution in [-0.2, 0) is 0 Å². The van der Waals surface area contributed by atoms with Gasteiger partial charge in [0, 0.05) is 19.6 Å². The van der Waals surface area contributed by atoms with Crippen molar-refractivity contribution in [3.8, 4) is 0 Å². The number of rotatable bonds is 2. The first-order chi connectivity index (χ1) is 5.88. The van der Waals surface area contributed by atoms with Crippen LogP contribution in [-0.4, -0.2) is 26.2 Å². The summed E-state index contributed by atoms with van der Waals surface area (Å²) in [4.78, 5) is 2.38. The number of nitrogens with one attached hydrogen (secondary N) is 1. The normalized spacial score (nSPS) is 22.9. The van der Waals surface area contributed by atoms with E-state index in [-0.39, 0.29) is 0 Å². The SMILES string of the molecule is CN(c1cccs1)C1CCNC1. The monoisotopic (exact) mass is 182 g/mol. The van der Waals surface area contributed by atoms with Crippen molar-refractivity contribution < 1.29 is 0 Å². The Morgan fingerprint density at radius 2 is 2.58 bits per heavy atom. The molecule has 2 rings (SSSR count). The first-order valence-corrected chi connectivity index (χ1v) is 5.23. The Labute approximate surface area is 77.2 Å². The van der Waals surface area contributed by atoms with Crippen LogP contribution in [0, 0.1) is 0 Å². The summed E-state index contributed by atoms with van der Waals surface area (Å²) in [6, 6.07) is 4.99. The quantitative estimate of drug-likeness (QED) is 0.746. The van der Waals surface area contributed by atoms with E-state index in [0.717, 1.165) is 6.54 Å². The van der Waals surface area contributed by atoms with Crippen molar-refractivity contribution in [2.24, 2.45) is 0 Å². The van der Waals surface area contributed by atoms with Gasteiger partial charge in [0.1, 0.15) is 0 Å². The lowest BCUT2D eigenvalue weighted by Crippen LogP contribution is -2.32. The summed E-state index contributed by atoms with van der Waals surface area (Å²) in [6.07, 6.45) is 1.27. The average Bonchev–Trinajstić information content (AvgIpc) is 2.77. The van der Waals surface area contributed by atoms with Crippen LogP contribution in [0.5, 0.6) is 0 Å². The van der Waals surface area contributed by atoms with Gasteiger partial charge in [-0.05, 0) is 30.5 Å². The lowest BCUT2D eigenvalue weighted by atomic mass is 10.2. The molecule has 0 radical (unpaired) electrons. The van der Waals surface area contributed by atoms with Crippen LogP contribution >= 0.6 is 11.3 Å². The molecule has 3 heteroatoms. The first-order valence-electron chi connectivity index (χ1n) is 4.35. The van der Waals surface area contributed by atoms with Gasteiger partial charge in [0.25, 0.3) is 0 Å². The van der Waals surface area contributed by atoms with Crippen LogP contribution in [0.15, 0.2) is 17.5 Å². The topological polar surface area (TPSA) is 15.3 Å². The van der Waals surface area contributed by atoms with E-state index in [2.05, 4.69) is 34.8 Å². The maximum Gasteiger partial charge on any atom is 0.0908 e. The fraction of sp³-hybridized carbons (Fsp3) is 0.556. The summed E-state index contributed by atoms with van der Waals surface area (Å²) >= 11 is 1.82. The van der Waals surface area contributed by atoms with Gasteiger partial charge < -0.3 is 10.2 Å².